The lowest BCUT2D eigenvalue weighted by Crippen LogP contribution is -2.20. The summed E-state index contributed by atoms with van der Waals surface area (Å²) < 4.78 is 5.83. The van der Waals surface area contributed by atoms with E-state index in [1.807, 2.05) is 18.2 Å². The van der Waals surface area contributed by atoms with Gasteiger partial charge in [0.1, 0.15) is 11.3 Å². The zero-order valence-electron chi connectivity index (χ0n) is 12.4. The van der Waals surface area contributed by atoms with Gasteiger partial charge in [0, 0.05) is 10.4 Å². The first kappa shape index (κ1) is 15.1. The highest BCUT2D eigenvalue weighted by atomic mass is 35.5. The van der Waals surface area contributed by atoms with Crippen molar-refractivity contribution in [1.82, 2.24) is 5.32 Å². The quantitative estimate of drug-likeness (QED) is 0.747. The van der Waals surface area contributed by atoms with E-state index >= 15 is 0 Å². The van der Waals surface area contributed by atoms with E-state index in [9.17, 15) is 0 Å². The van der Waals surface area contributed by atoms with Crippen molar-refractivity contribution in [3.63, 3.8) is 0 Å². The summed E-state index contributed by atoms with van der Waals surface area (Å²) in [4.78, 5) is 0. The molecule has 108 valence electrons. The van der Waals surface area contributed by atoms with Crippen molar-refractivity contribution < 1.29 is 4.42 Å². The Morgan fingerprint density at radius 3 is 2.90 bits per heavy atom. The normalized spacial score (nSPS) is 12.6. The van der Waals surface area contributed by atoms with E-state index in [1.165, 1.54) is 5.57 Å². The summed E-state index contributed by atoms with van der Waals surface area (Å²) in [5, 5.41) is 5.23. The predicted octanol–water partition coefficient (Wildman–Crippen LogP) is 5.13. The Balaban J connectivity index is 1.98. The fourth-order valence-electron chi connectivity index (χ4n) is 2.09. The maximum Gasteiger partial charge on any atom is 0.134 e. The van der Waals surface area contributed by atoms with E-state index in [1.54, 1.807) is 0 Å². The Kier molecular flexibility index (Phi) is 5.27. The van der Waals surface area contributed by atoms with Crippen LogP contribution in [0.1, 0.15) is 33.0 Å². The van der Waals surface area contributed by atoms with Crippen LogP contribution < -0.4 is 5.32 Å². The van der Waals surface area contributed by atoms with Gasteiger partial charge >= 0.3 is 0 Å². The monoisotopic (exact) mass is 291 g/mol. The number of fused-ring (bicyclic) bond motifs is 1. The first-order chi connectivity index (χ1) is 9.56. The number of rotatable bonds is 6. The molecule has 1 aromatic heterocycles. The van der Waals surface area contributed by atoms with Gasteiger partial charge in [-0.3, -0.25) is 0 Å². The Labute approximate surface area is 125 Å². The van der Waals surface area contributed by atoms with Crippen LogP contribution >= 0.6 is 11.6 Å². The van der Waals surface area contributed by atoms with Crippen molar-refractivity contribution in [3.8, 4) is 0 Å². The number of allylic oxidation sites excluding steroid dienone is 1. The highest BCUT2D eigenvalue weighted by Gasteiger charge is 2.05. The molecule has 0 radical (unpaired) electrons. The molecule has 2 nitrogen and oxygen atoms in total. The average Bonchev–Trinajstić information content (AvgIpc) is 2.80. The third-order valence-corrected chi connectivity index (χ3v) is 3.43. The van der Waals surface area contributed by atoms with E-state index in [4.69, 9.17) is 16.0 Å². The van der Waals surface area contributed by atoms with Gasteiger partial charge in [-0.2, -0.15) is 0 Å². The minimum absolute atomic E-state index is 0.695. The molecule has 2 rings (SSSR count). The standard InChI is InChI=1S/C17H22ClNO/c1-12(2)11-19-8-4-5-13(3)17-10-14-9-15(18)6-7-16(14)20-17/h5-7,9-10,12,19H,4,8,11H2,1-3H3/b13-5-. The second kappa shape index (κ2) is 6.96. The largest absolute Gasteiger partial charge is 0.456 e. The van der Waals surface area contributed by atoms with Crippen molar-refractivity contribution in [2.75, 3.05) is 13.1 Å². The number of halogens is 1. The van der Waals surface area contributed by atoms with Gasteiger partial charge in [-0.05, 0) is 62.2 Å². The average molecular weight is 292 g/mol. The molecular weight excluding hydrogens is 270 g/mol. The number of benzene rings is 1. The fourth-order valence-corrected chi connectivity index (χ4v) is 2.27. The van der Waals surface area contributed by atoms with Gasteiger partial charge in [0.05, 0.1) is 0 Å². The molecule has 2 aromatic rings. The summed E-state index contributed by atoms with van der Waals surface area (Å²) in [5.41, 5.74) is 2.05. The topological polar surface area (TPSA) is 25.2 Å². The van der Waals surface area contributed by atoms with E-state index in [-0.39, 0.29) is 0 Å². The second-order valence-corrected chi connectivity index (χ2v) is 6.00. The SMILES string of the molecule is C/C(=C/CCNCC(C)C)c1cc2cc(Cl)ccc2o1. The van der Waals surface area contributed by atoms with Crippen molar-refractivity contribution in [1.29, 1.82) is 0 Å². The number of hydrogen-bond acceptors (Lipinski definition) is 2. The molecule has 1 aromatic carbocycles. The summed E-state index contributed by atoms with van der Waals surface area (Å²) in [7, 11) is 0. The maximum absolute atomic E-state index is 5.99. The highest BCUT2D eigenvalue weighted by molar-refractivity contribution is 6.31. The van der Waals surface area contributed by atoms with Gasteiger partial charge < -0.3 is 9.73 Å². The number of furan rings is 1. The summed E-state index contributed by atoms with van der Waals surface area (Å²) in [6.45, 7) is 8.58. The van der Waals surface area contributed by atoms with E-state index < -0.39 is 0 Å². The molecule has 0 unspecified atom stereocenters. The minimum Gasteiger partial charge on any atom is -0.456 e. The van der Waals surface area contributed by atoms with Crippen LogP contribution in [0.15, 0.2) is 34.8 Å². The van der Waals surface area contributed by atoms with Gasteiger partial charge in [0.2, 0.25) is 0 Å². The molecule has 0 bridgehead atoms. The molecule has 0 atom stereocenters. The molecule has 0 spiro atoms. The molecule has 1 N–H and O–H groups in total. The molecule has 0 fully saturated rings. The Bertz CT molecular complexity index is 598. The lowest BCUT2D eigenvalue weighted by molar-refractivity contribution is 0.556. The molecule has 0 aliphatic heterocycles. The molecule has 0 aliphatic carbocycles. The van der Waals surface area contributed by atoms with Crippen LogP contribution in [0.25, 0.3) is 16.5 Å². The highest BCUT2D eigenvalue weighted by Crippen LogP contribution is 2.26. The van der Waals surface area contributed by atoms with E-state index in [2.05, 4.69) is 38.2 Å². The lowest BCUT2D eigenvalue weighted by Gasteiger charge is -2.05. The zero-order chi connectivity index (χ0) is 14.5. The molecule has 3 heteroatoms. The van der Waals surface area contributed by atoms with Crippen molar-refractivity contribution in [3.05, 3.63) is 41.1 Å². The maximum atomic E-state index is 5.99. The summed E-state index contributed by atoms with van der Waals surface area (Å²) in [6.07, 6.45) is 3.23. The molecule has 20 heavy (non-hydrogen) atoms. The van der Waals surface area contributed by atoms with Crippen LogP contribution in [0.2, 0.25) is 5.02 Å². The molecule has 1 heterocycles. The minimum atomic E-state index is 0.695. The van der Waals surface area contributed by atoms with Gasteiger partial charge in [-0.15, -0.1) is 0 Å². The Morgan fingerprint density at radius 1 is 1.35 bits per heavy atom. The van der Waals surface area contributed by atoms with Crippen LogP contribution in [0.4, 0.5) is 0 Å². The van der Waals surface area contributed by atoms with Crippen LogP contribution in [0, 0.1) is 5.92 Å². The summed E-state index contributed by atoms with van der Waals surface area (Å²) in [6, 6.07) is 7.75. The first-order valence-corrected chi connectivity index (χ1v) is 7.51. The van der Waals surface area contributed by atoms with Crippen molar-refractivity contribution in [2.45, 2.75) is 27.2 Å². The van der Waals surface area contributed by atoms with E-state index in [0.717, 1.165) is 41.3 Å². The van der Waals surface area contributed by atoms with Gasteiger partial charge in [-0.25, -0.2) is 0 Å². The summed E-state index contributed by atoms with van der Waals surface area (Å²) >= 11 is 5.99. The predicted molar refractivity (Wildman–Crippen MR) is 87.2 cm³/mol. The number of hydrogen-bond donors (Lipinski definition) is 1. The Hall–Kier alpha value is -1.25. The Morgan fingerprint density at radius 2 is 2.15 bits per heavy atom. The van der Waals surface area contributed by atoms with Gasteiger partial charge in [-0.1, -0.05) is 31.5 Å². The number of nitrogens with one attached hydrogen (secondary N) is 1. The molecular formula is C17H22ClNO. The van der Waals surface area contributed by atoms with Crippen LogP contribution in [0.3, 0.4) is 0 Å². The van der Waals surface area contributed by atoms with Crippen molar-refractivity contribution in [2.24, 2.45) is 5.92 Å². The molecule has 0 amide bonds. The summed E-state index contributed by atoms with van der Waals surface area (Å²) in [5.74, 6) is 1.62. The lowest BCUT2D eigenvalue weighted by atomic mass is 10.1. The van der Waals surface area contributed by atoms with Gasteiger partial charge in [0.25, 0.3) is 0 Å². The molecule has 0 saturated heterocycles. The third-order valence-electron chi connectivity index (χ3n) is 3.19. The van der Waals surface area contributed by atoms with Crippen LogP contribution in [-0.2, 0) is 0 Å². The fraction of sp³-hybridized carbons (Fsp3) is 0.412. The van der Waals surface area contributed by atoms with Crippen LogP contribution in [0.5, 0.6) is 0 Å². The smallest absolute Gasteiger partial charge is 0.134 e. The van der Waals surface area contributed by atoms with Crippen molar-refractivity contribution >= 4 is 28.1 Å². The first-order valence-electron chi connectivity index (χ1n) is 7.13. The van der Waals surface area contributed by atoms with Crippen LogP contribution in [-0.4, -0.2) is 13.1 Å². The third kappa shape index (κ3) is 4.12. The second-order valence-electron chi connectivity index (χ2n) is 5.57. The molecule has 0 saturated carbocycles. The van der Waals surface area contributed by atoms with E-state index in [0.29, 0.717) is 5.92 Å². The van der Waals surface area contributed by atoms with Gasteiger partial charge in [0.15, 0.2) is 0 Å². The zero-order valence-corrected chi connectivity index (χ0v) is 13.1. The molecule has 0 aliphatic rings.